The van der Waals surface area contributed by atoms with Gasteiger partial charge >= 0.3 is 5.97 Å². The fraction of sp³-hybridized carbons (Fsp3) is 0.625. The van der Waals surface area contributed by atoms with Crippen LogP contribution in [0, 0.1) is 5.92 Å². The fourth-order valence-electron chi connectivity index (χ4n) is 3.40. The van der Waals surface area contributed by atoms with Gasteiger partial charge in [0, 0.05) is 19.9 Å². The minimum atomic E-state index is -1.24. The molecule has 0 unspecified atom stereocenters. The average Bonchev–Trinajstić information content (AvgIpc) is 2.75. The molecule has 0 aromatic rings. The summed E-state index contributed by atoms with van der Waals surface area (Å²) in [7, 11) is 0. The molecule has 1 fully saturated rings. The van der Waals surface area contributed by atoms with E-state index in [1.165, 1.54) is 20.3 Å². The lowest BCUT2D eigenvalue weighted by atomic mass is 9.90. The van der Waals surface area contributed by atoms with E-state index in [1.807, 2.05) is 6.08 Å². The number of piperidine rings is 1. The van der Waals surface area contributed by atoms with E-state index in [-0.39, 0.29) is 17.4 Å². The number of ether oxygens (including phenoxy) is 2. The van der Waals surface area contributed by atoms with E-state index in [1.54, 1.807) is 0 Å². The van der Waals surface area contributed by atoms with Crippen LogP contribution >= 0.6 is 15.9 Å². The normalized spacial score (nSPS) is 31.7. The number of carbonyl (C=O) groups is 2. The van der Waals surface area contributed by atoms with Gasteiger partial charge in [-0.05, 0) is 47.9 Å². The van der Waals surface area contributed by atoms with Crippen molar-refractivity contribution in [3.8, 4) is 0 Å². The molecule has 1 N–H and O–H groups in total. The third kappa shape index (κ3) is 3.04. The van der Waals surface area contributed by atoms with E-state index < -0.39 is 23.6 Å². The van der Waals surface area contributed by atoms with E-state index in [0.717, 1.165) is 25.9 Å². The Labute approximate surface area is 143 Å². The Kier molecular flexibility index (Phi) is 4.27. The summed E-state index contributed by atoms with van der Waals surface area (Å²) in [5, 5.41) is 10.2. The molecule has 7 heteroatoms. The second-order valence-corrected chi connectivity index (χ2v) is 7.41. The van der Waals surface area contributed by atoms with Crippen molar-refractivity contribution in [1.29, 1.82) is 0 Å². The van der Waals surface area contributed by atoms with Gasteiger partial charge in [-0.25, -0.2) is 4.79 Å². The predicted octanol–water partition coefficient (Wildman–Crippen LogP) is 2.40. The van der Waals surface area contributed by atoms with Gasteiger partial charge in [0.25, 0.3) is 11.7 Å². The molecule has 126 valence electrons. The lowest BCUT2D eigenvalue weighted by Gasteiger charge is -2.37. The van der Waals surface area contributed by atoms with Gasteiger partial charge in [0.2, 0.25) is 0 Å². The number of nitrogens with zero attached hydrogens (tertiary/aromatic N) is 1. The zero-order chi connectivity index (χ0) is 16.8. The number of hydrogen-bond donors (Lipinski definition) is 1. The third-order valence-electron chi connectivity index (χ3n) is 4.43. The topological polar surface area (TPSA) is 76.1 Å². The fourth-order valence-corrected chi connectivity index (χ4v) is 3.92. The van der Waals surface area contributed by atoms with Crippen molar-refractivity contribution in [3.05, 3.63) is 22.1 Å². The molecule has 1 aliphatic carbocycles. The summed E-state index contributed by atoms with van der Waals surface area (Å²) in [5.74, 6) is -3.48. The van der Waals surface area contributed by atoms with Gasteiger partial charge in [-0.3, -0.25) is 9.69 Å². The van der Waals surface area contributed by atoms with Crippen LogP contribution in [0.15, 0.2) is 22.1 Å². The second kappa shape index (κ2) is 5.94. The summed E-state index contributed by atoms with van der Waals surface area (Å²) in [4.78, 5) is 27.1. The van der Waals surface area contributed by atoms with Crippen molar-refractivity contribution in [3.63, 3.8) is 0 Å². The molecule has 0 aromatic carbocycles. The van der Waals surface area contributed by atoms with E-state index in [4.69, 9.17) is 9.47 Å². The van der Waals surface area contributed by atoms with Crippen LogP contribution in [-0.4, -0.2) is 46.7 Å². The summed E-state index contributed by atoms with van der Waals surface area (Å²) in [5.41, 5.74) is -0.0874. The highest BCUT2D eigenvalue weighted by Crippen LogP contribution is 2.39. The van der Waals surface area contributed by atoms with E-state index >= 15 is 0 Å². The first-order valence-electron chi connectivity index (χ1n) is 7.81. The second-order valence-electron chi connectivity index (χ2n) is 6.55. The summed E-state index contributed by atoms with van der Waals surface area (Å²) in [6, 6.07) is -0.272. The Bertz CT molecular complexity index is 604. The SMILES string of the molecule is CC1(C)OC(=O)C([C@@H]2C(=O)C(Br)=C[C@@H]2N2CCCCC2)=C(O)O1. The van der Waals surface area contributed by atoms with Crippen LogP contribution in [0.2, 0.25) is 0 Å². The van der Waals surface area contributed by atoms with Crippen LogP contribution in [0.4, 0.5) is 0 Å². The third-order valence-corrected chi connectivity index (χ3v) is 5.09. The van der Waals surface area contributed by atoms with Gasteiger partial charge in [0.15, 0.2) is 5.78 Å². The molecule has 1 saturated heterocycles. The van der Waals surface area contributed by atoms with Crippen molar-refractivity contribution in [2.24, 2.45) is 5.92 Å². The zero-order valence-corrected chi connectivity index (χ0v) is 14.8. The minimum absolute atomic E-state index is 0.0874. The van der Waals surface area contributed by atoms with E-state index in [9.17, 15) is 14.7 Å². The van der Waals surface area contributed by atoms with Crippen LogP contribution in [0.25, 0.3) is 0 Å². The average molecular weight is 386 g/mol. The van der Waals surface area contributed by atoms with Gasteiger partial charge in [0.1, 0.15) is 5.57 Å². The molecule has 6 nitrogen and oxygen atoms in total. The summed E-state index contributed by atoms with van der Waals surface area (Å²) >= 11 is 3.27. The molecule has 2 aliphatic heterocycles. The molecule has 0 spiro atoms. The summed E-state index contributed by atoms with van der Waals surface area (Å²) in [6.07, 6.45) is 5.09. The van der Waals surface area contributed by atoms with Gasteiger partial charge in [-0.15, -0.1) is 0 Å². The monoisotopic (exact) mass is 385 g/mol. The Balaban J connectivity index is 1.95. The Morgan fingerprint density at radius 3 is 2.48 bits per heavy atom. The molecule has 2 atom stereocenters. The number of aliphatic hydroxyl groups is 1. The highest BCUT2D eigenvalue weighted by molar-refractivity contribution is 9.12. The molecule has 3 rings (SSSR count). The molecule has 2 heterocycles. The number of likely N-dealkylation sites (tertiary alicyclic amines) is 1. The quantitative estimate of drug-likeness (QED) is 0.735. The predicted molar refractivity (Wildman–Crippen MR) is 85.6 cm³/mol. The lowest BCUT2D eigenvalue weighted by molar-refractivity contribution is -0.223. The molecule has 23 heavy (non-hydrogen) atoms. The maximum atomic E-state index is 12.6. The van der Waals surface area contributed by atoms with Crippen LogP contribution < -0.4 is 0 Å². The first-order chi connectivity index (χ1) is 10.8. The highest BCUT2D eigenvalue weighted by Gasteiger charge is 2.49. The molecule has 3 aliphatic rings. The van der Waals surface area contributed by atoms with Gasteiger partial charge in [-0.2, -0.15) is 0 Å². The molecule has 0 aromatic heterocycles. The van der Waals surface area contributed by atoms with Gasteiger partial charge in [0.05, 0.1) is 10.4 Å². The number of ketones is 1. The Hall–Kier alpha value is -1.34. The molecule has 0 radical (unpaired) electrons. The van der Waals surface area contributed by atoms with Crippen molar-refractivity contribution >= 4 is 27.7 Å². The number of cyclic esters (lactones) is 1. The smallest absolute Gasteiger partial charge is 0.345 e. The summed E-state index contributed by atoms with van der Waals surface area (Å²) < 4.78 is 10.9. The van der Waals surface area contributed by atoms with Crippen LogP contribution in [0.1, 0.15) is 33.1 Å². The number of rotatable bonds is 2. The molecular weight excluding hydrogens is 366 g/mol. The van der Waals surface area contributed by atoms with Crippen LogP contribution in [0.3, 0.4) is 0 Å². The maximum Gasteiger partial charge on any atom is 0.345 e. The number of hydrogen-bond acceptors (Lipinski definition) is 6. The van der Waals surface area contributed by atoms with Crippen molar-refractivity contribution in [1.82, 2.24) is 4.90 Å². The van der Waals surface area contributed by atoms with Crippen molar-refractivity contribution in [2.45, 2.75) is 44.9 Å². The zero-order valence-electron chi connectivity index (χ0n) is 13.2. The molecule has 0 bridgehead atoms. The Morgan fingerprint density at radius 1 is 1.22 bits per heavy atom. The van der Waals surface area contributed by atoms with Crippen molar-refractivity contribution in [2.75, 3.05) is 13.1 Å². The number of Topliss-reactive ketones (excluding diaryl/α,β-unsaturated/α-hetero) is 1. The number of allylic oxidation sites excluding steroid dienone is 1. The van der Waals surface area contributed by atoms with E-state index in [0.29, 0.717) is 4.48 Å². The van der Waals surface area contributed by atoms with Crippen molar-refractivity contribution < 1.29 is 24.2 Å². The highest BCUT2D eigenvalue weighted by atomic mass is 79.9. The summed E-state index contributed by atoms with van der Waals surface area (Å²) in [6.45, 7) is 4.79. The largest absolute Gasteiger partial charge is 0.480 e. The molecule has 0 saturated carbocycles. The maximum absolute atomic E-state index is 12.6. The van der Waals surface area contributed by atoms with Gasteiger partial charge < -0.3 is 14.6 Å². The first kappa shape index (κ1) is 16.5. The van der Waals surface area contributed by atoms with Gasteiger partial charge in [-0.1, -0.05) is 6.42 Å². The number of carbonyl (C=O) groups excluding carboxylic acids is 2. The van der Waals surface area contributed by atoms with Crippen LogP contribution in [-0.2, 0) is 19.1 Å². The van der Waals surface area contributed by atoms with Crippen LogP contribution in [0.5, 0.6) is 0 Å². The number of halogens is 1. The Morgan fingerprint density at radius 2 is 1.87 bits per heavy atom. The first-order valence-corrected chi connectivity index (χ1v) is 8.60. The standard InChI is InChI=1S/C16H20BrNO5/c1-16(2)22-14(20)12(15(21)23-16)11-10(8-9(17)13(11)19)18-6-4-3-5-7-18/h8,10-11,20H,3-7H2,1-2H3/t10-,11+/m0/s1. The molecule has 0 amide bonds. The minimum Gasteiger partial charge on any atom is -0.480 e. The lowest BCUT2D eigenvalue weighted by Crippen LogP contribution is -2.47. The molecular formula is C16H20BrNO5. The van der Waals surface area contributed by atoms with E-state index in [2.05, 4.69) is 20.8 Å². The number of esters is 1. The number of aliphatic hydroxyl groups excluding tert-OH is 1.